The van der Waals surface area contributed by atoms with E-state index < -0.39 is 10.0 Å². The number of hydrogen-bond donors (Lipinski definition) is 0. The molecule has 0 aliphatic carbocycles. The number of hydrogen-bond acceptors (Lipinski definition) is 5. The van der Waals surface area contributed by atoms with Crippen LogP contribution in [0.2, 0.25) is 0 Å². The molecule has 1 rings (SSSR count). The van der Waals surface area contributed by atoms with E-state index in [-0.39, 0.29) is 11.7 Å². The zero-order valence-electron chi connectivity index (χ0n) is 10.7. The zero-order valence-corrected chi connectivity index (χ0v) is 11.5. The Morgan fingerprint density at radius 3 is 2.44 bits per heavy atom. The smallest absolute Gasteiger partial charge is 0.306 e. The monoisotopic (exact) mass is 276 g/mol. The van der Waals surface area contributed by atoms with Crippen molar-refractivity contribution in [2.24, 2.45) is 0 Å². The molecule has 18 heavy (non-hydrogen) atoms. The number of ether oxygens (including phenoxy) is 1. The predicted octanol–water partition coefficient (Wildman–Crippen LogP) is -0.317. The van der Waals surface area contributed by atoms with Crippen LogP contribution in [0.15, 0.2) is 12.7 Å². The van der Waals surface area contributed by atoms with E-state index in [1.54, 1.807) is 0 Å². The summed E-state index contributed by atoms with van der Waals surface area (Å²) in [7, 11) is -1.83. The van der Waals surface area contributed by atoms with Crippen molar-refractivity contribution >= 4 is 16.0 Å². The summed E-state index contributed by atoms with van der Waals surface area (Å²) >= 11 is 0. The SMILES string of the molecule is C=CCS(=O)(=O)N1CCN(CCC(=O)OC)CC1. The number of piperazine rings is 1. The molecular formula is C11H20N2O4S. The zero-order chi connectivity index (χ0) is 13.6. The Kier molecular flexibility index (Phi) is 5.77. The van der Waals surface area contributed by atoms with Gasteiger partial charge in [-0.2, -0.15) is 4.31 Å². The van der Waals surface area contributed by atoms with E-state index in [4.69, 9.17) is 0 Å². The summed E-state index contributed by atoms with van der Waals surface area (Å²) in [6.45, 7) is 6.29. The van der Waals surface area contributed by atoms with Gasteiger partial charge in [0, 0.05) is 32.7 Å². The number of sulfonamides is 1. The van der Waals surface area contributed by atoms with Gasteiger partial charge in [0.25, 0.3) is 0 Å². The average Bonchev–Trinajstić information content (AvgIpc) is 2.36. The minimum atomic E-state index is -3.20. The first-order valence-electron chi connectivity index (χ1n) is 5.87. The number of nitrogens with zero attached hydrogens (tertiary/aromatic N) is 2. The first-order valence-corrected chi connectivity index (χ1v) is 7.48. The van der Waals surface area contributed by atoms with Crippen LogP contribution in [0.1, 0.15) is 6.42 Å². The fraction of sp³-hybridized carbons (Fsp3) is 0.727. The third-order valence-electron chi connectivity index (χ3n) is 2.91. The van der Waals surface area contributed by atoms with Crippen molar-refractivity contribution < 1.29 is 17.9 Å². The molecule has 0 unspecified atom stereocenters. The van der Waals surface area contributed by atoms with Crippen LogP contribution >= 0.6 is 0 Å². The minimum Gasteiger partial charge on any atom is -0.469 e. The lowest BCUT2D eigenvalue weighted by Gasteiger charge is -2.33. The molecule has 1 heterocycles. The molecule has 0 N–H and O–H groups in total. The molecule has 0 saturated carbocycles. The second-order valence-corrected chi connectivity index (χ2v) is 6.15. The van der Waals surface area contributed by atoms with Crippen molar-refractivity contribution in [2.45, 2.75) is 6.42 Å². The number of carbonyl (C=O) groups is 1. The van der Waals surface area contributed by atoms with E-state index >= 15 is 0 Å². The van der Waals surface area contributed by atoms with Gasteiger partial charge in [-0.3, -0.25) is 4.79 Å². The van der Waals surface area contributed by atoms with E-state index in [1.165, 1.54) is 17.5 Å². The summed E-state index contributed by atoms with van der Waals surface area (Å²) in [5, 5.41) is 0. The van der Waals surface area contributed by atoms with Gasteiger partial charge in [-0.15, -0.1) is 6.58 Å². The van der Waals surface area contributed by atoms with E-state index in [9.17, 15) is 13.2 Å². The van der Waals surface area contributed by atoms with Gasteiger partial charge in [-0.05, 0) is 0 Å². The normalized spacial score (nSPS) is 18.5. The summed E-state index contributed by atoms with van der Waals surface area (Å²) in [5.74, 6) is -0.258. The van der Waals surface area contributed by atoms with Crippen molar-refractivity contribution in [2.75, 3.05) is 45.6 Å². The second kappa shape index (κ2) is 6.86. The van der Waals surface area contributed by atoms with Gasteiger partial charge in [0.2, 0.25) is 10.0 Å². The highest BCUT2D eigenvalue weighted by atomic mass is 32.2. The highest BCUT2D eigenvalue weighted by Crippen LogP contribution is 2.08. The van der Waals surface area contributed by atoms with Crippen molar-refractivity contribution in [3.05, 3.63) is 12.7 Å². The summed E-state index contributed by atoms with van der Waals surface area (Å²) in [5.41, 5.74) is 0. The van der Waals surface area contributed by atoms with E-state index in [1.807, 2.05) is 0 Å². The van der Waals surface area contributed by atoms with Crippen LogP contribution in [-0.4, -0.2) is 69.2 Å². The number of carbonyl (C=O) groups excluding carboxylic acids is 1. The van der Waals surface area contributed by atoms with Gasteiger partial charge in [0.1, 0.15) is 0 Å². The van der Waals surface area contributed by atoms with Crippen molar-refractivity contribution in [3.8, 4) is 0 Å². The van der Waals surface area contributed by atoms with Crippen molar-refractivity contribution in [1.82, 2.24) is 9.21 Å². The van der Waals surface area contributed by atoms with Gasteiger partial charge in [0.05, 0.1) is 19.3 Å². The highest BCUT2D eigenvalue weighted by molar-refractivity contribution is 7.89. The van der Waals surface area contributed by atoms with Crippen LogP contribution < -0.4 is 0 Å². The maximum Gasteiger partial charge on any atom is 0.306 e. The second-order valence-electron chi connectivity index (χ2n) is 4.13. The molecule has 0 spiro atoms. The van der Waals surface area contributed by atoms with E-state index in [2.05, 4.69) is 16.2 Å². The molecule has 1 aliphatic heterocycles. The lowest BCUT2D eigenvalue weighted by molar-refractivity contribution is -0.141. The van der Waals surface area contributed by atoms with Gasteiger partial charge in [-0.25, -0.2) is 8.42 Å². The number of esters is 1. The van der Waals surface area contributed by atoms with Gasteiger partial charge in [0.15, 0.2) is 0 Å². The van der Waals surface area contributed by atoms with Crippen LogP contribution in [0.3, 0.4) is 0 Å². The summed E-state index contributed by atoms with van der Waals surface area (Å²) in [6, 6.07) is 0. The third kappa shape index (κ3) is 4.40. The van der Waals surface area contributed by atoms with Crippen LogP contribution in [0, 0.1) is 0 Å². The maximum absolute atomic E-state index is 11.8. The standard InChI is InChI=1S/C11H20N2O4S/c1-3-10-18(15,16)13-8-6-12(7-9-13)5-4-11(14)17-2/h3H,1,4-10H2,2H3. The predicted molar refractivity (Wildman–Crippen MR) is 68.6 cm³/mol. The Labute approximate surface area is 108 Å². The molecule has 0 atom stereocenters. The maximum atomic E-state index is 11.8. The Morgan fingerprint density at radius 2 is 1.94 bits per heavy atom. The molecule has 0 aromatic rings. The van der Waals surface area contributed by atoms with Crippen LogP contribution in [-0.2, 0) is 19.6 Å². The summed E-state index contributed by atoms with van der Waals surface area (Å²) < 4.78 is 29.6. The summed E-state index contributed by atoms with van der Waals surface area (Å²) in [4.78, 5) is 13.1. The van der Waals surface area contributed by atoms with Gasteiger partial charge >= 0.3 is 5.97 Å². The molecule has 0 amide bonds. The van der Waals surface area contributed by atoms with Crippen LogP contribution in [0.4, 0.5) is 0 Å². The Morgan fingerprint density at radius 1 is 1.33 bits per heavy atom. The van der Waals surface area contributed by atoms with E-state index in [0.29, 0.717) is 39.1 Å². The average molecular weight is 276 g/mol. The molecule has 104 valence electrons. The van der Waals surface area contributed by atoms with Crippen molar-refractivity contribution in [1.29, 1.82) is 0 Å². The number of rotatable bonds is 6. The minimum absolute atomic E-state index is 0.0187. The lowest BCUT2D eigenvalue weighted by atomic mass is 10.3. The van der Waals surface area contributed by atoms with Crippen LogP contribution in [0.5, 0.6) is 0 Å². The fourth-order valence-corrected chi connectivity index (χ4v) is 3.07. The van der Waals surface area contributed by atoms with Gasteiger partial charge < -0.3 is 9.64 Å². The molecule has 1 fully saturated rings. The Hall–Kier alpha value is -0.920. The van der Waals surface area contributed by atoms with Gasteiger partial charge in [-0.1, -0.05) is 6.08 Å². The highest BCUT2D eigenvalue weighted by Gasteiger charge is 2.25. The Bertz CT molecular complexity index is 386. The first kappa shape index (κ1) is 15.1. The van der Waals surface area contributed by atoms with E-state index in [0.717, 1.165) is 0 Å². The largest absolute Gasteiger partial charge is 0.469 e. The first-order chi connectivity index (χ1) is 8.49. The molecule has 0 radical (unpaired) electrons. The Balaban J connectivity index is 2.37. The molecule has 1 aliphatic rings. The summed E-state index contributed by atoms with van der Waals surface area (Å²) in [6.07, 6.45) is 1.74. The topological polar surface area (TPSA) is 66.9 Å². The third-order valence-corrected chi connectivity index (χ3v) is 4.72. The molecule has 1 saturated heterocycles. The lowest BCUT2D eigenvalue weighted by Crippen LogP contribution is -2.49. The number of methoxy groups -OCH3 is 1. The fourth-order valence-electron chi connectivity index (χ4n) is 1.84. The molecule has 7 heteroatoms. The molecular weight excluding hydrogens is 256 g/mol. The molecule has 6 nitrogen and oxygen atoms in total. The molecule has 0 bridgehead atoms. The van der Waals surface area contributed by atoms with Crippen molar-refractivity contribution in [3.63, 3.8) is 0 Å². The molecule has 0 aromatic heterocycles. The molecule has 0 aromatic carbocycles. The quantitative estimate of drug-likeness (QED) is 0.491. The van der Waals surface area contributed by atoms with Crippen LogP contribution in [0.25, 0.3) is 0 Å².